The van der Waals surface area contributed by atoms with Crippen LogP contribution in [0.2, 0.25) is 0 Å². The summed E-state index contributed by atoms with van der Waals surface area (Å²) in [7, 11) is 0. The van der Waals surface area contributed by atoms with Crippen LogP contribution in [0, 0.1) is 12.5 Å². The van der Waals surface area contributed by atoms with Crippen LogP contribution in [-0.2, 0) is 4.74 Å². The molecule has 0 heterocycles. The van der Waals surface area contributed by atoms with Gasteiger partial charge in [-0.25, -0.2) is 6.57 Å². The second-order valence-corrected chi connectivity index (χ2v) is 3.42. The van der Waals surface area contributed by atoms with Crippen molar-refractivity contribution in [3.63, 3.8) is 0 Å². The van der Waals surface area contributed by atoms with Crippen molar-refractivity contribution in [3.05, 3.63) is 11.4 Å². The summed E-state index contributed by atoms with van der Waals surface area (Å²) in [6, 6.07) is 0. The SMILES string of the molecule is [C-]#[N+]CC(CC)OCCC(C)C. The Bertz CT molecular complexity index is 137. The second kappa shape index (κ2) is 7.12. The normalized spacial score (nSPS) is 12.9. The highest BCUT2D eigenvalue weighted by atomic mass is 16.5. The van der Waals surface area contributed by atoms with E-state index in [0.717, 1.165) is 19.4 Å². The first-order valence-corrected chi connectivity index (χ1v) is 4.65. The van der Waals surface area contributed by atoms with Crippen molar-refractivity contribution in [2.75, 3.05) is 13.2 Å². The molecular formula is C10H19NO. The molecule has 0 aliphatic carbocycles. The van der Waals surface area contributed by atoms with E-state index < -0.39 is 0 Å². The van der Waals surface area contributed by atoms with E-state index >= 15 is 0 Å². The highest BCUT2D eigenvalue weighted by Gasteiger charge is 2.08. The Morgan fingerprint density at radius 3 is 2.50 bits per heavy atom. The highest BCUT2D eigenvalue weighted by Crippen LogP contribution is 2.04. The molecule has 2 heteroatoms. The van der Waals surface area contributed by atoms with E-state index in [0.29, 0.717) is 12.5 Å². The van der Waals surface area contributed by atoms with Crippen LogP contribution in [0.15, 0.2) is 0 Å². The van der Waals surface area contributed by atoms with E-state index in [2.05, 4.69) is 25.6 Å². The molecule has 0 aromatic heterocycles. The summed E-state index contributed by atoms with van der Waals surface area (Å²) < 4.78 is 5.53. The Hall–Kier alpha value is -0.550. The van der Waals surface area contributed by atoms with Crippen molar-refractivity contribution in [1.29, 1.82) is 0 Å². The summed E-state index contributed by atoms with van der Waals surface area (Å²) in [4.78, 5) is 3.33. The third-order valence-corrected chi connectivity index (χ3v) is 1.80. The van der Waals surface area contributed by atoms with Gasteiger partial charge in [0.25, 0.3) is 0 Å². The highest BCUT2D eigenvalue weighted by molar-refractivity contribution is 4.68. The van der Waals surface area contributed by atoms with Gasteiger partial charge in [0.2, 0.25) is 6.54 Å². The Balaban J connectivity index is 3.39. The topological polar surface area (TPSA) is 13.6 Å². The molecule has 1 atom stereocenters. The van der Waals surface area contributed by atoms with Crippen molar-refractivity contribution < 1.29 is 4.74 Å². The monoisotopic (exact) mass is 169 g/mol. The van der Waals surface area contributed by atoms with Gasteiger partial charge in [0.15, 0.2) is 0 Å². The molecule has 0 bridgehead atoms. The van der Waals surface area contributed by atoms with Crippen molar-refractivity contribution in [1.82, 2.24) is 0 Å². The van der Waals surface area contributed by atoms with Crippen LogP contribution in [0.25, 0.3) is 4.85 Å². The Labute approximate surface area is 75.7 Å². The molecule has 0 amide bonds. The molecule has 0 aliphatic heterocycles. The molecule has 0 saturated carbocycles. The van der Waals surface area contributed by atoms with E-state index in [4.69, 9.17) is 11.3 Å². The first-order valence-electron chi connectivity index (χ1n) is 4.65. The summed E-state index contributed by atoms with van der Waals surface area (Å²) in [5.41, 5.74) is 0. The van der Waals surface area contributed by atoms with Gasteiger partial charge in [-0.3, -0.25) is 0 Å². The Kier molecular flexibility index (Phi) is 6.79. The third kappa shape index (κ3) is 6.18. The molecular weight excluding hydrogens is 150 g/mol. The summed E-state index contributed by atoms with van der Waals surface area (Å²) in [5, 5.41) is 0. The average Bonchev–Trinajstić information content (AvgIpc) is 2.02. The van der Waals surface area contributed by atoms with Crippen LogP contribution in [-0.4, -0.2) is 19.3 Å². The quantitative estimate of drug-likeness (QED) is 0.557. The molecule has 0 aromatic rings. The lowest BCUT2D eigenvalue weighted by atomic mass is 10.1. The van der Waals surface area contributed by atoms with E-state index in [-0.39, 0.29) is 6.10 Å². The van der Waals surface area contributed by atoms with Crippen LogP contribution in [0.5, 0.6) is 0 Å². The Morgan fingerprint density at radius 2 is 2.08 bits per heavy atom. The molecule has 0 aliphatic rings. The molecule has 0 rings (SSSR count). The van der Waals surface area contributed by atoms with Crippen LogP contribution >= 0.6 is 0 Å². The fourth-order valence-corrected chi connectivity index (χ4v) is 0.872. The average molecular weight is 169 g/mol. The minimum Gasteiger partial charge on any atom is -0.370 e. The smallest absolute Gasteiger partial charge is 0.240 e. The first kappa shape index (κ1) is 11.4. The maximum absolute atomic E-state index is 6.70. The van der Waals surface area contributed by atoms with Gasteiger partial charge in [-0.15, -0.1) is 0 Å². The minimum atomic E-state index is 0.154. The van der Waals surface area contributed by atoms with E-state index in [1.807, 2.05) is 0 Å². The first-order chi connectivity index (χ1) is 5.70. The predicted molar refractivity (Wildman–Crippen MR) is 51.0 cm³/mol. The molecule has 2 nitrogen and oxygen atoms in total. The Morgan fingerprint density at radius 1 is 1.42 bits per heavy atom. The number of hydrogen-bond acceptors (Lipinski definition) is 1. The van der Waals surface area contributed by atoms with Crippen molar-refractivity contribution in [2.24, 2.45) is 5.92 Å². The molecule has 0 aromatic carbocycles. The predicted octanol–water partition coefficient (Wildman–Crippen LogP) is 2.75. The molecule has 12 heavy (non-hydrogen) atoms. The second-order valence-electron chi connectivity index (χ2n) is 3.42. The number of hydrogen-bond donors (Lipinski definition) is 0. The van der Waals surface area contributed by atoms with Gasteiger partial charge in [0.05, 0.1) is 0 Å². The number of ether oxygens (including phenoxy) is 1. The van der Waals surface area contributed by atoms with Crippen molar-refractivity contribution in [2.45, 2.75) is 39.7 Å². The van der Waals surface area contributed by atoms with Gasteiger partial charge in [-0.05, 0) is 18.8 Å². The van der Waals surface area contributed by atoms with Crippen LogP contribution in [0.1, 0.15) is 33.6 Å². The molecule has 0 saturated heterocycles. The standard InChI is InChI=1S/C10H19NO/c1-5-10(8-11-4)12-7-6-9(2)3/h9-10H,5-8H2,1-3H3. The maximum atomic E-state index is 6.70. The summed E-state index contributed by atoms with van der Waals surface area (Å²) in [6.07, 6.45) is 2.19. The van der Waals surface area contributed by atoms with E-state index in [1.165, 1.54) is 0 Å². The van der Waals surface area contributed by atoms with Crippen molar-refractivity contribution >= 4 is 0 Å². The largest absolute Gasteiger partial charge is 0.370 e. The van der Waals surface area contributed by atoms with Gasteiger partial charge in [0, 0.05) is 6.61 Å². The zero-order valence-corrected chi connectivity index (χ0v) is 8.34. The maximum Gasteiger partial charge on any atom is 0.240 e. The number of nitrogens with zero attached hydrogens (tertiary/aromatic N) is 1. The molecule has 0 radical (unpaired) electrons. The van der Waals surface area contributed by atoms with Crippen LogP contribution in [0.4, 0.5) is 0 Å². The lowest BCUT2D eigenvalue weighted by Crippen LogP contribution is -2.16. The molecule has 1 unspecified atom stereocenters. The van der Waals surface area contributed by atoms with Crippen molar-refractivity contribution in [3.8, 4) is 0 Å². The lowest BCUT2D eigenvalue weighted by molar-refractivity contribution is 0.0546. The molecule has 0 fully saturated rings. The third-order valence-electron chi connectivity index (χ3n) is 1.80. The fourth-order valence-electron chi connectivity index (χ4n) is 0.872. The fraction of sp³-hybridized carbons (Fsp3) is 0.900. The minimum absolute atomic E-state index is 0.154. The molecule has 0 spiro atoms. The summed E-state index contributed by atoms with van der Waals surface area (Å²) in [5.74, 6) is 0.690. The van der Waals surface area contributed by atoms with E-state index in [9.17, 15) is 0 Å². The van der Waals surface area contributed by atoms with Crippen LogP contribution in [0.3, 0.4) is 0 Å². The summed E-state index contributed by atoms with van der Waals surface area (Å²) >= 11 is 0. The van der Waals surface area contributed by atoms with Gasteiger partial charge in [-0.2, -0.15) is 0 Å². The van der Waals surface area contributed by atoms with Gasteiger partial charge < -0.3 is 9.58 Å². The van der Waals surface area contributed by atoms with E-state index in [1.54, 1.807) is 0 Å². The van der Waals surface area contributed by atoms with Gasteiger partial charge in [-0.1, -0.05) is 20.8 Å². The zero-order valence-electron chi connectivity index (χ0n) is 8.34. The van der Waals surface area contributed by atoms with Crippen LogP contribution < -0.4 is 0 Å². The van der Waals surface area contributed by atoms with Gasteiger partial charge in [0.1, 0.15) is 6.10 Å². The van der Waals surface area contributed by atoms with Gasteiger partial charge >= 0.3 is 0 Å². The number of rotatable bonds is 6. The lowest BCUT2D eigenvalue weighted by Gasteiger charge is -2.11. The summed E-state index contributed by atoms with van der Waals surface area (Å²) in [6.45, 7) is 14.4. The molecule has 70 valence electrons. The molecule has 0 N–H and O–H groups in total. The zero-order chi connectivity index (χ0) is 9.40.